The zero-order valence-electron chi connectivity index (χ0n) is 14.5. The molecule has 0 aromatic heterocycles. The van der Waals surface area contributed by atoms with Crippen LogP contribution in [-0.4, -0.2) is 38.5 Å². The molecule has 0 fully saturated rings. The Morgan fingerprint density at radius 2 is 1.71 bits per heavy atom. The lowest BCUT2D eigenvalue weighted by atomic mass is 10.1. The van der Waals surface area contributed by atoms with Crippen LogP contribution in [0.5, 0.6) is 0 Å². The van der Waals surface area contributed by atoms with E-state index in [9.17, 15) is 9.59 Å². The van der Waals surface area contributed by atoms with Crippen LogP contribution in [0.2, 0.25) is 0 Å². The van der Waals surface area contributed by atoms with Crippen molar-refractivity contribution < 1.29 is 9.59 Å². The molecule has 1 atom stereocenters. The minimum absolute atomic E-state index is 0. The summed E-state index contributed by atoms with van der Waals surface area (Å²) in [5.41, 5.74) is 7.78. The molecular weight excluding hydrogens is 351 g/mol. The number of hydrogen-bond donors (Lipinski definition) is 3. The molecule has 0 unspecified atom stereocenters. The first kappa shape index (κ1) is 24.7. The van der Waals surface area contributed by atoms with Gasteiger partial charge in [0, 0.05) is 26.3 Å². The van der Waals surface area contributed by atoms with Gasteiger partial charge < -0.3 is 21.3 Å². The summed E-state index contributed by atoms with van der Waals surface area (Å²) in [6.07, 6.45) is 0. The number of benzene rings is 1. The molecule has 24 heavy (non-hydrogen) atoms. The van der Waals surface area contributed by atoms with E-state index in [0.717, 1.165) is 11.3 Å². The smallest absolute Gasteiger partial charge is 0.239 e. The first-order valence-corrected chi connectivity index (χ1v) is 7.38. The summed E-state index contributed by atoms with van der Waals surface area (Å²) < 4.78 is 0. The second kappa shape index (κ2) is 11.9. The number of nitrogens with one attached hydrogen (secondary N) is 2. The average molecular weight is 379 g/mol. The molecule has 0 aliphatic carbocycles. The summed E-state index contributed by atoms with van der Waals surface area (Å²) in [4.78, 5) is 25.5. The maximum Gasteiger partial charge on any atom is 0.239 e. The Balaban J connectivity index is 0. The Kier molecular flexibility index (Phi) is 12.3. The van der Waals surface area contributed by atoms with Crippen molar-refractivity contribution in [1.82, 2.24) is 10.6 Å². The van der Waals surface area contributed by atoms with Crippen LogP contribution in [0.25, 0.3) is 0 Å². The molecule has 4 N–H and O–H groups in total. The van der Waals surface area contributed by atoms with E-state index in [1.165, 1.54) is 0 Å². The van der Waals surface area contributed by atoms with Crippen molar-refractivity contribution in [3.05, 3.63) is 29.8 Å². The summed E-state index contributed by atoms with van der Waals surface area (Å²) in [5.74, 6) is -0.508. The highest BCUT2D eigenvalue weighted by molar-refractivity contribution is 5.87. The molecule has 0 saturated heterocycles. The van der Waals surface area contributed by atoms with Crippen molar-refractivity contribution in [1.29, 1.82) is 0 Å². The Labute approximate surface area is 156 Å². The van der Waals surface area contributed by atoms with E-state index in [4.69, 9.17) is 5.73 Å². The number of amides is 2. The van der Waals surface area contributed by atoms with Crippen molar-refractivity contribution >= 4 is 42.3 Å². The normalized spacial score (nSPS) is 10.9. The Morgan fingerprint density at radius 3 is 2.25 bits per heavy atom. The van der Waals surface area contributed by atoms with Crippen LogP contribution in [0, 0.1) is 5.92 Å². The third-order valence-corrected chi connectivity index (χ3v) is 3.39. The van der Waals surface area contributed by atoms with Crippen molar-refractivity contribution in [2.75, 3.05) is 25.5 Å². The van der Waals surface area contributed by atoms with Gasteiger partial charge in [0.2, 0.25) is 11.8 Å². The molecule has 138 valence electrons. The van der Waals surface area contributed by atoms with Gasteiger partial charge in [-0.2, -0.15) is 0 Å². The maximum absolute atomic E-state index is 11.8. The van der Waals surface area contributed by atoms with E-state index < -0.39 is 6.04 Å². The van der Waals surface area contributed by atoms with Crippen LogP contribution >= 0.6 is 24.8 Å². The lowest BCUT2D eigenvalue weighted by Gasteiger charge is -2.18. The van der Waals surface area contributed by atoms with Crippen molar-refractivity contribution in [2.45, 2.75) is 26.4 Å². The van der Waals surface area contributed by atoms with Crippen LogP contribution in [0.3, 0.4) is 0 Å². The summed E-state index contributed by atoms with van der Waals surface area (Å²) >= 11 is 0. The Bertz CT molecular complexity index is 525. The highest BCUT2D eigenvalue weighted by Gasteiger charge is 2.17. The van der Waals surface area contributed by atoms with E-state index in [-0.39, 0.29) is 49.1 Å². The second-order valence-electron chi connectivity index (χ2n) is 5.79. The highest BCUT2D eigenvalue weighted by Crippen LogP contribution is 2.17. The van der Waals surface area contributed by atoms with Crippen LogP contribution in [0.1, 0.15) is 19.4 Å². The zero-order valence-corrected chi connectivity index (χ0v) is 16.2. The van der Waals surface area contributed by atoms with Gasteiger partial charge in [0.05, 0.1) is 12.6 Å². The van der Waals surface area contributed by atoms with Gasteiger partial charge in [-0.25, -0.2) is 0 Å². The highest BCUT2D eigenvalue weighted by atomic mass is 35.5. The van der Waals surface area contributed by atoms with E-state index in [1.807, 2.05) is 57.1 Å². The van der Waals surface area contributed by atoms with Crippen molar-refractivity contribution in [3.63, 3.8) is 0 Å². The van der Waals surface area contributed by atoms with Crippen molar-refractivity contribution in [2.24, 2.45) is 11.7 Å². The minimum atomic E-state index is -0.595. The SMILES string of the molecule is CC(C)[C@H](N)C(=O)NCC(=O)NCc1ccccc1N(C)C.Cl.Cl. The summed E-state index contributed by atoms with van der Waals surface area (Å²) in [5, 5.41) is 5.35. The first-order valence-electron chi connectivity index (χ1n) is 7.38. The molecule has 0 saturated carbocycles. The molecule has 6 nitrogen and oxygen atoms in total. The van der Waals surface area contributed by atoms with E-state index in [1.54, 1.807) is 0 Å². The molecule has 8 heteroatoms. The quantitative estimate of drug-likeness (QED) is 0.667. The lowest BCUT2D eigenvalue weighted by molar-refractivity contribution is -0.127. The van der Waals surface area contributed by atoms with Gasteiger partial charge in [-0.3, -0.25) is 9.59 Å². The molecule has 1 rings (SSSR count). The maximum atomic E-state index is 11.8. The number of hydrogen-bond acceptors (Lipinski definition) is 4. The van der Waals surface area contributed by atoms with Gasteiger partial charge in [-0.1, -0.05) is 32.0 Å². The Morgan fingerprint density at radius 1 is 1.12 bits per heavy atom. The average Bonchev–Trinajstić information content (AvgIpc) is 2.49. The van der Waals surface area contributed by atoms with Crippen LogP contribution < -0.4 is 21.3 Å². The summed E-state index contributed by atoms with van der Waals surface area (Å²) in [6.45, 7) is 4.08. The molecule has 1 aromatic carbocycles. The number of para-hydroxylation sites is 1. The molecule has 2 amide bonds. The molecule has 0 aliphatic rings. The number of anilines is 1. The standard InChI is InChI=1S/C16H26N4O2.2ClH/c1-11(2)15(17)16(22)19-10-14(21)18-9-12-7-5-6-8-13(12)20(3)4;;/h5-8,11,15H,9-10,17H2,1-4H3,(H,18,21)(H,19,22);2*1H/t15-;;/m0../s1. The molecular formula is C16H28Cl2N4O2. The number of nitrogens with zero attached hydrogens (tertiary/aromatic N) is 1. The number of halogens is 2. The fourth-order valence-electron chi connectivity index (χ4n) is 1.94. The van der Waals surface area contributed by atoms with E-state index >= 15 is 0 Å². The predicted octanol–water partition coefficient (Wildman–Crippen LogP) is 1.31. The number of carbonyl (C=O) groups is 2. The number of nitrogens with two attached hydrogens (primary N) is 1. The second-order valence-corrected chi connectivity index (χ2v) is 5.79. The van der Waals surface area contributed by atoms with Gasteiger partial charge >= 0.3 is 0 Å². The van der Waals surface area contributed by atoms with Gasteiger partial charge in [0.1, 0.15) is 0 Å². The Hall–Kier alpha value is -1.50. The molecule has 0 spiro atoms. The molecule has 0 bridgehead atoms. The molecule has 0 radical (unpaired) electrons. The fourth-order valence-corrected chi connectivity index (χ4v) is 1.94. The largest absolute Gasteiger partial charge is 0.377 e. The van der Waals surface area contributed by atoms with Crippen LogP contribution in [-0.2, 0) is 16.1 Å². The summed E-state index contributed by atoms with van der Waals surface area (Å²) in [6, 6.07) is 7.24. The zero-order chi connectivity index (χ0) is 16.7. The summed E-state index contributed by atoms with van der Waals surface area (Å²) in [7, 11) is 3.91. The molecule has 0 heterocycles. The number of carbonyl (C=O) groups excluding carboxylic acids is 2. The molecule has 1 aromatic rings. The van der Waals surface area contributed by atoms with Gasteiger partial charge in [0.15, 0.2) is 0 Å². The third-order valence-electron chi connectivity index (χ3n) is 3.39. The first-order chi connectivity index (χ1) is 10.3. The number of rotatable bonds is 7. The topological polar surface area (TPSA) is 87.5 Å². The lowest BCUT2D eigenvalue weighted by Crippen LogP contribution is -2.47. The van der Waals surface area contributed by atoms with Gasteiger partial charge in [-0.15, -0.1) is 24.8 Å². The molecule has 0 aliphatic heterocycles. The monoisotopic (exact) mass is 378 g/mol. The van der Waals surface area contributed by atoms with E-state index in [0.29, 0.717) is 6.54 Å². The van der Waals surface area contributed by atoms with E-state index in [2.05, 4.69) is 10.6 Å². The van der Waals surface area contributed by atoms with Gasteiger partial charge in [-0.05, 0) is 17.5 Å². The third kappa shape index (κ3) is 7.86. The van der Waals surface area contributed by atoms with Crippen molar-refractivity contribution in [3.8, 4) is 0 Å². The van der Waals surface area contributed by atoms with Crippen LogP contribution in [0.4, 0.5) is 5.69 Å². The van der Waals surface area contributed by atoms with Gasteiger partial charge in [0.25, 0.3) is 0 Å². The van der Waals surface area contributed by atoms with Crippen LogP contribution in [0.15, 0.2) is 24.3 Å². The fraction of sp³-hybridized carbons (Fsp3) is 0.500. The predicted molar refractivity (Wildman–Crippen MR) is 103 cm³/mol. The minimum Gasteiger partial charge on any atom is -0.377 e.